The molecule has 2 unspecified atom stereocenters. The van der Waals surface area contributed by atoms with Crippen LogP contribution in [0.3, 0.4) is 0 Å². The molecule has 1 aliphatic heterocycles. The Balaban J connectivity index is 2.23. The second-order valence-electron chi connectivity index (χ2n) is 3.19. The van der Waals surface area contributed by atoms with Gasteiger partial charge in [-0.05, 0) is 6.08 Å². The van der Waals surface area contributed by atoms with Crippen LogP contribution in [-0.2, 0) is 9.53 Å². The lowest BCUT2D eigenvalue weighted by Crippen LogP contribution is -2.13. The highest BCUT2D eigenvalue weighted by Gasteiger charge is 2.35. The van der Waals surface area contributed by atoms with Crippen LogP contribution < -0.4 is 0 Å². The number of thioether (sulfide) groups is 1. The van der Waals surface area contributed by atoms with Crippen LogP contribution in [0.4, 0.5) is 4.39 Å². The Morgan fingerprint density at radius 2 is 2.40 bits per heavy atom. The van der Waals surface area contributed by atoms with Gasteiger partial charge in [-0.15, -0.1) is 11.8 Å². The Morgan fingerprint density at radius 1 is 1.67 bits per heavy atom. The van der Waals surface area contributed by atoms with E-state index < -0.39 is 11.8 Å². The Kier molecular flexibility index (Phi) is 2.89. The fourth-order valence-electron chi connectivity index (χ4n) is 1.52. The fourth-order valence-corrected chi connectivity index (χ4v) is 3.10. The number of carbonyl (C=O) groups is 1. The SMILES string of the molecule is COC(=O)C1=CC2C=CC(F)=C(Cl)C2S1. The number of halogens is 2. The van der Waals surface area contributed by atoms with E-state index in [1.54, 1.807) is 12.2 Å². The third-order valence-electron chi connectivity index (χ3n) is 2.28. The summed E-state index contributed by atoms with van der Waals surface area (Å²) < 4.78 is 17.7. The summed E-state index contributed by atoms with van der Waals surface area (Å²) in [5.74, 6) is -0.839. The smallest absolute Gasteiger partial charge is 0.344 e. The molecule has 2 nitrogen and oxygen atoms in total. The van der Waals surface area contributed by atoms with E-state index in [0.717, 1.165) is 0 Å². The number of methoxy groups -OCH3 is 1. The van der Waals surface area contributed by atoms with Crippen molar-refractivity contribution in [1.82, 2.24) is 0 Å². The average Bonchev–Trinajstić information content (AvgIpc) is 2.67. The van der Waals surface area contributed by atoms with Crippen LogP contribution in [0.1, 0.15) is 0 Å². The standard InChI is InChI=1S/C10H8ClFO2S/c1-14-10(13)7-4-5-2-3-6(12)8(11)9(5)15-7/h2-5,9H,1H3. The van der Waals surface area contributed by atoms with Crippen molar-refractivity contribution < 1.29 is 13.9 Å². The third kappa shape index (κ3) is 1.84. The van der Waals surface area contributed by atoms with Crippen molar-refractivity contribution in [2.75, 3.05) is 7.11 Å². The van der Waals surface area contributed by atoms with Crippen molar-refractivity contribution in [3.63, 3.8) is 0 Å². The summed E-state index contributed by atoms with van der Waals surface area (Å²) >= 11 is 7.07. The van der Waals surface area contributed by atoms with Gasteiger partial charge in [0.05, 0.1) is 22.3 Å². The molecule has 0 spiro atoms. The van der Waals surface area contributed by atoms with Gasteiger partial charge >= 0.3 is 5.97 Å². The van der Waals surface area contributed by atoms with Crippen LogP contribution in [0.25, 0.3) is 0 Å². The van der Waals surface area contributed by atoms with Gasteiger partial charge in [-0.2, -0.15) is 0 Å². The monoisotopic (exact) mass is 246 g/mol. The molecule has 0 N–H and O–H groups in total. The maximum Gasteiger partial charge on any atom is 0.344 e. The van der Waals surface area contributed by atoms with E-state index in [4.69, 9.17) is 11.6 Å². The van der Waals surface area contributed by atoms with E-state index >= 15 is 0 Å². The van der Waals surface area contributed by atoms with Crippen LogP contribution in [-0.4, -0.2) is 18.3 Å². The van der Waals surface area contributed by atoms with Crippen molar-refractivity contribution in [2.45, 2.75) is 5.25 Å². The summed E-state index contributed by atoms with van der Waals surface area (Å²) in [6, 6.07) is 0. The maximum atomic E-state index is 13.1. The summed E-state index contributed by atoms with van der Waals surface area (Å²) in [6.07, 6.45) is 4.79. The van der Waals surface area contributed by atoms with E-state index in [2.05, 4.69) is 4.74 Å². The molecule has 0 aromatic heterocycles. The van der Waals surface area contributed by atoms with Crippen LogP contribution in [0.5, 0.6) is 0 Å². The molecule has 2 rings (SSSR count). The molecule has 0 saturated carbocycles. The lowest BCUT2D eigenvalue weighted by molar-refractivity contribution is -0.135. The highest BCUT2D eigenvalue weighted by Crippen LogP contribution is 2.46. The molecular weight excluding hydrogens is 239 g/mol. The first kappa shape index (κ1) is 10.8. The summed E-state index contributed by atoms with van der Waals surface area (Å²) in [7, 11) is 1.32. The van der Waals surface area contributed by atoms with Gasteiger partial charge in [-0.3, -0.25) is 0 Å². The topological polar surface area (TPSA) is 26.3 Å². The van der Waals surface area contributed by atoms with E-state index in [1.165, 1.54) is 24.9 Å². The highest BCUT2D eigenvalue weighted by molar-refractivity contribution is 8.05. The summed E-state index contributed by atoms with van der Waals surface area (Å²) in [4.78, 5) is 11.7. The number of rotatable bonds is 1. The van der Waals surface area contributed by atoms with Crippen molar-refractivity contribution >= 4 is 29.3 Å². The highest BCUT2D eigenvalue weighted by atomic mass is 35.5. The Labute approximate surface area is 95.8 Å². The van der Waals surface area contributed by atoms with Gasteiger partial charge in [0.1, 0.15) is 5.83 Å². The quantitative estimate of drug-likeness (QED) is 0.666. The number of fused-ring (bicyclic) bond motifs is 1. The van der Waals surface area contributed by atoms with Gasteiger partial charge in [0, 0.05) is 5.92 Å². The molecule has 80 valence electrons. The number of allylic oxidation sites excluding steroid dienone is 4. The second kappa shape index (κ2) is 4.02. The molecule has 1 aliphatic carbocycles. The molecule has 15 heavy (non-hydrogen) atoms. The van der Waals surface area contributed by atoms with Gasteiger partial charge in [0.25, 0.3) is 0 Å². The Hall–Kier alpha value is -0.740. The molecule has 2 aliphatic rings. The molecule has 0 amide bonds. The average molecular weight is 247 g/mol. The van der Waals surface area contributed by atoms with Crippen molar-refractivity contribution in [1.29, 1.82) is 0 Å². The zero-order valence-electron chi connectivity index (χ0n) is 7.87. The minimum absolute atomic E-state index is 0.0175. The fraction of sp³-hybridized carbons (Fsp3) is 0.300. The molecular formula is C10H8ClFO2S. The lowest BCUT2D eigenvalue weighted by atomic mass is 9.99. The number of carbonyl (C=O) groups excluding carboxylic acids is 1. The second-order valence-corrected chi connectivity index (χ2v) is 4.78. The number of ether oxygens (including phenoxy) is 1. The molecule has 0 fully saturated rings. The van der Waals surface area contributed by atoms with Crippen LogP contribution in [0.15, 0.2) is 34.0 Å². The largest absolute Gasteiger partial charge is 0.465 e. The summed E-state index contributed by atoms with van der Waals surface area (Å²) in [6.45, 7) is 0. The maximum absolute atomic E-state index is 13.1. The van der Waals surface area contributed by atoms with Gasteiger partial charge < -0.3 is 4.74 Å². The third-order valence-corrected chi connectivity index (χ3v) is 4.18. The first-order chi connectivity index (χ1) is 7.13. The predicted octanol–water partition coefficient (Wildman–Crippen LogP) is 2.76. The van der Waals surface area contributed by atoms with Crippen LogP contribution >= 0.6 is 23.4 Å². The molecule has 0 aromatic rings. The van der Waals surface area contributed by atoms with E-state index in [-0.39, 0.29) is 16.2 Å². The lowest BCUT2D eigenvalue weighted by Gasteiger charge is -2.18. The van der Waals surface area contributed by atoms with E-state index in [1.807, 2.05) is 0 Å². The molecule has 5 heteroatoms. The minimum atomic E-state index is -0.426. The summed E-state index contributed by atoms with van der Waals surface area (Å²) in [5, 5.41) is -0.0478. The van der Waals surface area contributed by atoms with E-state index in [9.17, 15) is 9.18 Å². The molecule has 0 saturated heterocycles. The molecule has 1 heterocycles. The molecule has 0 radical (unpaired) electrons. The minimum Gasteiger partial charge on any atom is -0.465 e. The van der Waals surface area contributed by atoms with Gasteiger partial charge in [0.15, 0.2) is 0 Å². The predicted molar refractivity (Wildman–Crippen MR) is 58.1 cm³/mol. The number of esters is 1. The van der Waals surface area contributed by atoms with Gasteiger partial charge in [-0.25, -0.2) is 9.18 Å². The number of hydrogen-bond acceptors (Lipinski definition) is 3. The van der Waals surface area contributed by atoms with Crippen molar-refractivity contribution in [3.05, 3.63) is 34.0 Å². The zero-order chi connectivity index (χ0) is 11.0. The van der Waals surface area contributed by atoms with Crippen LogP contribution in [0.2, 0.25) is 0 Å². The normalized spacial score (nSPS) is 28.9. The zero-order valence-corrected chi connectivity index (χ0v) is 9.44. The summed E-state index contributed by atoms with van der Waals surface area (Å²) in [5.41, 5.74) is 0. The van der Waals surface area contributed by atoms with Crippen molar-refractivity contribution in [2.24, 2.45) is 5.92 Å². The number of hydrogen-bond donors (Lipinski definition) is 0. The van der Waals surface area contributed by atoms with Gasteiger partial charge in [-0.1, -0.05) is 23.8 Å². The first-order valence-electron chi connectivity index (χ1n) is 4.33. The molecule has 2 atom stereocenters. The molecule has 0 aromatic carbocycles. The molecule has 0 bridgehead atoms. The first-order valence-corrected chi connectivity index (χ1v) is 5.59. The van der Waals surface area contributed by atoms with Crippen molar-refractivity contribution in [3.8, 4) is 0 Å². The van der Waals surface area contributed by atoms with Gasteiger partial charge in [0.2, 0.25) is 0 Å². The Morgan fingerprint density at radius 3 is 3.07 bits per heavy atom. The van der Waals surface area contributed by atoms with E-state index in [0.29, 0.717) is 4.91 Å². The van der Waals surface area contributed by atoms with Crippen LogP contribution in [0, 0.1) is 5.92 Å². The Bertz CT molecular complexity index is 400.